The molecule has 6 nitrogen and oxygen atoms in total. The van der Waals surface area contributed by atoms with Crippen LogP contribution in [0.2, 0.25) is 0 Å². The standard InChI is InChI=1S/C7H5N3O3/c11-6-2-1-5-4-8-9(10(12)13)7(5)3-6/h1-4,11H. The van der Waals surface area contributed by atoms with Crippen molar-refractivity contribution in [2.24, 2.45) is 0 Å². The molecule has 0 fully saturated rings. The summed E-state index contributed by atoms with van der Waals surface area (Å²) in [6.07, 6.45) is 1.37. The molecule has 0 atom stereocenters. The van der Waals surface area contributed by atoms with Gasteiger partial charge in [-0.05, 0) is 12.1 Å². The van der Waals surface area contributed by atoms with Crippen molar-refractivity contribution < 1.29 is 10.1 Å². The number of hydrogen-bond acceptors (Lipinski definition) is 4. The molecule has 0 aliphatic rings. The monoisotopic (exact) mass is 179 g/mol. The minimum absolute atomic E-state index is 0.0175. The minimum Gasteiger partial charge on any atom is -0.508 e. The van der Waals surface area contributed by atoms with Gasteiger partial charge in [-0.3, -0.25) is 0 Å². The molecular formula is C7H5N3O3. The Morgan fingerprint density at radius 2 is 2.31 bits per heavy atom. The van der Waals surface area contributed by atoms with Gasteiger partial charge in [0.15, 0.2) is 6.20 Å². The van der Waals surface area contributed by atoms with Crippen molar-refractivity contribution >= 4 is 10.9 Å². The van der Waals surface area contributed by atoms with Crippen LogP contribution in [0.15, 0.2) is 24.4 Å². The van der Waals surface area contributed by atoms with E-state index in [0.717, 1.165) is 0 Å². The van der Waals surface area contributed by atoms with Gasteiger partial charge in [0.25, 0.3) is 0 Å². The van der Waals surface area contributed by atoms with E-state index in [4.69, 9.17) is 5.11 Å². The molecule has 1 aromatic heterocycles. The first kappa shape index (κ1) is 7.53. The molecule has 2 rings (SSSR count). The van der Waals surface area contributed by atoms with E-state index >= 15 is 0 Å². The highest BCUT2D eigenvalue weighted by Crippen LogP contribution is 2.18. The number of aromatic hydroxyl groups is 1. The molecule has 0 radical (unpaired) electrons. The van der Waals surface area contributed by atoms with Gasteiger partial charge in [0.1, 0.15) is 11.3 Å². The summed E-state index contributed by atoms with van der Waals surface area (Å²) in [7, 11) is 0. The Morgan fingerprint density at radius 1 is 1.54 bits per heavy atom. The van der Waals surface area contributed by atoms with Crippen LogP contribution in [-0.2, 0) is 0 Å². The SMILES string of the molecule is O=[N+]([O-])n1ncc2ccc(O)cc21. The van der Waals surface area contributed by atoms with E-state index in [2.05, 4.69) is 5.10 Å². The van der Waals surface area contributed by atoms with Gasteiger partial charge in [0.2, 0.25) is 0 Å². The van der Waals surface area contributed by atoms with Crippen molar-refractivity contribution in [1.82, 2.24) is 9.89 Å². The van der Waals surface area contributed by atoms with E-state index in [0.29, 0.717) is 10.2 Å². The fourth-order valence-electron chi connectivity index (χ4n) is 1.12. The van der Waals surface area contributed by atoms with Gasteiger partial charge in [0.05, 0.1) is 10.4 Å². The Balaban J connectivity index is 2.79. The van der Waals surface area contributed by atoms with Gasteiger partial charge in [-0.1, -0.05) is 0 Å². The third-order valence-corrected chi connectivity index (χ3v) is 1.69. The maximum Gasteiger partial charge on any atom is 0.175 e. The molecule has 0 spiro atoms. The molecule has 13 heavy (non-hydrogen) atoms. The summed E-state index contributed by atoms with van der Waals surface area (Å²) < 4.78 is 0. The second kappa shape index (κ2) is 2.44. The third-order valence-electron chi connectivity index (χ3n) is 1.69. The molecule has 0 saturated heterocycles. The summed E-state index contributed by atoms with van der Waals surface area (Å²) in [5, 5.41) is 23.0. The number of aromatic nitrogens is 2. The van der Waals surface area contributed by atoms with Crippen molar-refractivity contribution in [3.8, 4) is 5.75 Å². The summed E-state index contributed by atoms with van der Waals surface area (Å²) in [5.74, 6) is -0.0175. The van der Waals surface area contributed by atoms with Gasteiger partial charge in [-0.2, -0.15) is 0 Å². The minimum atomic E-state index is -0.651. The fraction of sp³-hybridized carbons (Fsp3) is 0. The van der Waals surface area contributed by atoms with Crippen LogP contribution < -0.4 is 0 Å². The number of benzene rings is 1. The summed E-state index contributed by atoms with van der Waals surface area (Å²) >= 11 is 0. The molecule has 2 aromatic rings. The van der Waals surface area contributed by atoms with Crippen LogP contribution in [0.4, 0.5) is 0 Å². The quantitative estimate of drug-likeness (QED) is 0.518. The van der Waals surface area contributed by atoms with Crippen molar-refractivity contribution in [2.75, 3.05) is 0 Å². The predicted molar refractivity (Wildman–Crippen MR) is 43.8 cm³/mol. The summed E-state index contributed by atoms with van der Waals surface area (Å²) in [4.78, 5) is 11.0. The first-order valence-electron chi connectivity index (χ1n) is 3.50. The van der Waals surface area contributed by atoms with Crippen LogP contribution in [0.3, 0.4) is 0 Å². The van der Waals surface area contributed by atoms with E-state index in [1.165, 1.54) is 18.3 Å². The van der Waals surface area contributed by atoms with E-state index in [1.807, 2.05) is 0 Å². The van der Waals surface area contributed by atoms with E-state index in [-0.39, 0.29) is 11.3 Å². The molecule has 0 amide bonds. The zero-order valence-corrected chi connectivity index (χ0v) is 6.41. The zero-order valence-electron chi connectivity index (χ0n) is 6.41. The first-order chi connectivity index (χ1) is 6.18. The number of nitro groups is 1. The highest BCUT2D eigenvalue weighted by Gasteiger charge is 2.11. The lowest BCUT2D eigenvalue weighted by molar-refractivity contribution is -0.548. The van der Waals surface area contributed by atoms with Crippen molar-refractivity contribution in [1.29, 1.82) is 0 Å². The molecule has 0 aliphatic carbocycles. The van der Waals surface area contributed by atoms with Crippen LogP contribution in [0, 0.1) is 10.1 Å². The molecule has 0 bridgehead atoms. The summed E-state index contributed by atoms with van der Waals surface area (Å²) in [6.45, 7) is 0. The largest absolute Gasteiger partial charge is 0.508 e. The Kier molecular flexibility index (Phi) is 1.42. The molecule has 1 heterocycles. The van der Waals surface area contributed by atoms with Crippen LogP contribution in [0.5, 0.6) is 5.75 Å². The lowest BCUT2D eigenvalue weighted by atomic mass is 10.2. The molecule has 6 heteroatoms. The number of rotatable bonds is 1. The highest BCUT2D eigenvalue weighted by atomic mass is 16.7. The highest BCUT2D eigenvalue weighted by molar-refractivity contribution is 5.79. The van der Waals surface area contributed by atoms with Crippen LogP contribution in [0.1, 0.15) is 0 Å². The second-order valence-corrected chi connectivity index (χ2v) is 2.51. The lowest BCUT2D eigenvalue weighted by Crippen LogP contribution is -2.09. The Labute approximate surface area is 72.1 Å². The average Bonchev–Trinajstić information content (AvgIpc) is 2.46. The Morgan fingerprint density at radius 3 is 3.00 bits per heavy atom. The van der Waals surface area contributed by atoms with E-state index < -0.39 is 5.03 Å². The number of hydrogen-bond donors (Lipinski definition) is 1. The molecule has 0 saturated carbocycles. The van der Waals surface area contributed by atoms with Crippen LogP contribution in [-0.4, -0.2) is 20.0 Å². The number of phenolic OH excluding ortho intramolecular Hbond substituents is 1. The normalized spacial score (nSPS) is 10.5. The summed E-state index contributed by atoms with van der Waals surface area (Å²) in [5.41, 5.74) is 0.282. The topological polar surface area (TPSA) is 81.2 Å². The Bertz CT molecular complexity index is 477. The molecule has 66 valence electrons. The number of phenols is 1. The smallest absolute Gasteiger partial charge is 0.175 e. The fourth-order valence-corrected chi connectivity index (χ4v) is 1.12. The number of fused-ring (bicyclic) bond motifs is 1. The molecule has 0 unspecified atom stereocenters. The molecule has 1 aromatic carbocycles. The van der Waals surface area contributed by atoms with Crippen LogP contribution in [0.25, 0.3) is 10.9 Å². The number of nitrogens with zero attached hydrogens (tertiary/aromatic N) is 3. The van der Waals surface area contributed by atoms with Crippen molar-refractivity contribution in [3.05, 3.63) is 34.5 Å². The van der Waals surface area contributed by atoms with Gasteiger partial charge < -0.3 is 15.2 Å². The third kappa shape index (κ3) is 1.08. The van der Waals surface area contributed by atoms with Gasteiger partial charge in [-0.15, -0.1) is 0 Å². The maximum atomic E-state index is 10.4. The Hall–Kier alpha value is -2.11. The lowest BCUT2D eigenvalue weighted by Gasteiger charge is -1.94. The average molecular weight is 179 g/mol. The van der Waals surface area contributed by atoms with Crippen molar-refractivity contribution in [2.45, 2.75) is 0 Å². The van der Waals surface area contributed by atoms with Gasteiger partial charge >= 0.3 is 0 Å². The van der Waals surface area contributed by atoms with E-state index in [9.17, 15) is 10.1 Å². The second-order valence-electron chi connectivity index (χ2n) is 2.51. The van der Waals surface area contributed by atoms with Gasteiger partial charge in [-0.25, -0.2) is 0 Å². The van der Waals surface area contributed by atoms with E-state index in [1.54, 1.807) is 6.07 Å². The summed E-state index contributed by atoms with van der Waals surface area (Å²) in [6, 6.07) is 4.32. The van der Waals surface area contributed by atoms with Gasteiger partial charge in [0, 0.05) is 16.0 Å². The maximum absolute atomic E-state index is 10.4. The predicted octanol–water partition coefficient (Wildman–Crippen LogP) is 0.782. The molecular weight excluding hydrogens is 174 g/mol. The van der Waals surface area contributed by atoms with Crippen molar-refractivity contribution in [3.63, 3.8) is 0 Å². The zero-order chi connectivity index (χ0) is 9.42. The first-order valence-corrected chi connectivity index (χ1v) is 3.50. The molecule has 1 N–H and O–H groups in total. The molecule has 0 aliphatic heterocycles. The van der Waals surface area contributed by atoms with Crippen LogP contribution >= 0.6 is 0 Å².